The molecule has 0 unspecified atom stereocenters. The van der Waals surface area contributed by atoms with E-state index in [0.717, 1.165) is 12.8 Å². The van der Waals surface area contributed by atoms with Crippen LogP contribution in [0.25, 0.3) is 0 Å². The van der Waals surface area contributed by atoms with Crippen LogP contribution >= 0.6 is 0 Å². The number of benzene rings is 3. The summed E-state index contributed by atoms with van der Waals surface area (Å²) in [4.78, 5) is 25.1. The van der Waals surface area contributed by atoms with Gasteiger partial charge < -0.3 is 9.47 Å². The minimum absolute atomic E-state index is 0.224. The van der Waals surface area contributed by atoms with Crippen molar-refractivity contribution >= 4 is 11.8 Å². The minimum atomic E-state index is -0.877. The number of carbonyl (C=O) groups is 2. The largest absolute Gasteiger partial charge is 0.457 e. The Morgan fingerprint density at radius 2 is 1.52 bits per heavy atom. The number of hydrogen-bond acceptors (Lipinski definition) is 4. The van der Waals surface area contributed by atoms with Crippen molar-refractivity contribution in [2.24, 2.45) is 0 Å². The first kappa shape index (κ1) is 20.3. The normalized spacial score (nSPS) is 11.5. The SMILES string of the molecule is CCCc1ccc(C(=O)[C@@H](C)OC(=O)c2cccc(Oc3ccccc3)c2)cc1. The van der Waals surface area contributed by atoms with Gasteiger partial charge in [-0.15, -0.1) is 0 Å². The highest BCUT2D eigenvalue weighted by Crippen LogP contribution is 2.22. The second-order valence-electron chi connectivity index (χ2n) is 6.80. The minimum Gasteiger partial charge on any atom is -0.457 e. The van der Waals surface area contributed by atoms with Crippen molar-refractivity contribution in [2.45, 2.75) is 32.8 Å². The van der Waals surface area contributed by atoms with Crippen molar-refractivity contribution in [1.29, 1.82) is 0 Å². The number of ether oxygens (including phenoxy) is 2. The van der Waals surface area contributed by atoms with Crippen molar-refractivity contribution < 1.29 is 19.1 Å². The van der Waals surface area contributed by atoms with Gasteiger partial charge in [0.1, 0.15) is 11.5 Å². The van der Waals surface area contributed by atoms with Gasteiger partial charge >= 0.3 is 5.97 Å². The number of Topliss-reactive ketones (excluding diaryl/α,β-unsaturated/α-hetero) is 1. The summed E-state index contributed by atoms with van der Waals surface area (Å²) < 4.78 is 11.1. The van der Waals surface area contributed by atoms with Gasteiger partial charge in [-0.3, -0.25) is 4.79 Å². The molecule has 0 saturated heterocycles. The first-order chi connectivity index (χ1) is 14.1. The van der Waals surface area contributed by atoms with Crippen molar-refractivity contribution in [3.63, 3.8) is 0 Å². The zero-order chi connectivity index (χ0) is 20.6. The Balaban J connectivity index is 1.64. The summed E-state index contributed by atoms with van der Waals surface area (Å²) in [7, 11) is 0. The Kier molecular flexibility index (Phi) is 6.80. The van der Waals surface area contributed by atoms with Crippen molar-refractivity contribution in [1.82, 2.24) is 0 Å². The van der Waals surface area contributed by atoms with Crippen LogP contribution in [-0.4, -0.2) is 17.9 Å². The van der Waals surface area contributed by atoms with E-state index in [9.17, 15) is 9.59 Å². The molecule has 3 rings (SSSR count). The molecule has 4 heteroatoms. The third-order valence-electron chi connectivity index (χ3n) is 4.48. The van der Waals surface area contributed by atoms with E-state index in [1.54, 1.807) is 43.3 Å². The third kappa shape index (κ3) is 5.55. The highest BCUT2D eigenvalue weighted by molar-refractivity contribution is 6.01. The van der Waals surface area contributed by atoms with E-state index in [1.165, 1.54) is 5.56 Å². The number of carbonyl (C=O) groups excluding carboxylic acids is 2. The van der Waals surface area contributed by atoms with E-state index in [1.807, 2.05) is 42.5 Å². The van der Waals surface area contributed by atoms with Crippen LogP contribution in [0, 0.1) is 0 Å². The third-order valence-corrected chi connectivity index (χ3v) is 4.48. The number of ketones is 1. The maximum atomic E-state index is 12.6. The van der Waals surface area contributed by atoms with Crippen molar-refractivity contribution in [3.8, 4) is 11.5 Å². The van der Waals surface area contributed by atoms with E-state index >= 15 is 0 Å². The van der Waals surface area contributed by atoms with E-state index in [0.29, 0.717) is 22.6 Å². The molecule has 0 amide bonds. The Labute approximate surface area is 171 Å². The molecule has 3 aromatic carbocycles. The van der Waals surface area contributed by atoms with Crippen LogP contribution in [0.15, 0.2) is 78.9 Å². The molecular weight excluding hydrogens is 364 g/mol. The summed E-state index contributed by atoms with van der Waals surface area (Å²) in [6.45, 7) is 3.70. The second kappa shape index (κ2) is 9.69. The first-order valence-electron chi connectivity index (χ1n) is 9.74. The lowest BCUT2D eigenvalue weighted by atomic mass is 10.0. The Bertz CT molecular complexity index is 962. The summed E-state index contributed by atoms with van der Waals surface area (Å²) in [5, 5.41) is 0. The molecule has 0 aliphatic heterocycles. The molecular formula is C25H24O4. The standard InChI is InChI=1S/C25H24O4/c1-3-8-19-13-15-20(16-14-19)24(26)18(2)28-25(27)21-9-7-12-23(17-21)29-22-10-5-4-6-11-22/h4-7,9-18H,3,8H2,1-2H3/t18-/m1/s1. The zero-order valence-corrected chi connectivity index (χ0v) is 16.6. The molecule has 0 heterocycles. The van der Waals surface area contributed by atoms with Crippen LogP contribution in [0.1, 0.15) is 46.5 Å². The van der Waals surface area contributed by atoms with Crippen LogP contribution in [0.3, 0.4) is 0 Å². The average molecular weight is 388 g/mol. The molecule has 0 radical (unpaired) electrons. The molecule has 1 atom stereocenters. The fourth-order valence-corrected chi connectivity index (χ4v) is 2.95. The summed E-state index contributed by atoms with van der Waals surface area (Å²) in [6.07, 6.45) is 1.15. The molecule has 0 bridgehead atoms. The molecule has 0 spiro atoms. The topological polar surface area (TPSA) is 52.6 Å². The molecule has 148 valence electrons. The van der Waals surface area contributed by atoms with Crippen LogP contribution in [0.5, 0.6) is 11.5 Å². The van der Waals surface area contributed by atoms with Gasteiger partial charge in [0.25, 0.3) is 0 Å². The number of para-hydroxylation sites is 1. The number of esters is 1. The average Bonchev–Trinajstić information content (AvgIpc) is 2.75. The van der Waals surface area contributed by atoms with E-state index in [4.69, 9.17) is 9.47 Å². The fourth-order valence-electron chi connectivity index (χ4n) is 2.95. The molecule has 0 fully saturated rings. The van der Waals surface area contributed by atoms with Crippen LogP contribution in [0.4, 0.5) is 0 Å². The lowest BCUT2D eigenvalue weighted by molar-refractivity contribution is 0.0318. The maximum absolute atomic E-state index is 12.6. The molecule has 0 aromatic heterocycles. The molecule has 29 heavy (non-hydrogen) atoms. The maximum Gasteiger partial charge on any atom is 0.338 e. The van der Waals surface area contributed by atoms with Gasteiger partial charge in [-0.2, -0.15) is 0 Å². The Hall–Kier alpha value is -3.40. The van der Waals surface area contributed by atoms with Crippen LogP contribution in [0.2, 0.25) is 0 Å². The lowest BCUT2D eigenvalue weighted by Crippen LogP contribution is -2.24. The van der Waals surface area contributed by atoms with Crippen LogP contribution in [-0.2, 0) is 11.2 Å². The summed E-state index contributed by atoms with van der Waals surface area (Å²) in [5.41, 5.74) is 2.05. The van der Waals surface area contributed by atoms with Gasteiger partial charge in [-0.05, 0) is 49.2 Å². The Morgan fingerprint density at radius 3 is 2.21 bits per heavy atom. The molecule has 0 saturated carbocycles. The Morgan fingerprint density at radius 1 is 0.828 bits per heavy atom. The lowest BCUT2D eigenvalue weighted by Gasteiger charge is -2.13. The summed E-state index contributed by atoms with van der Waals surface area (Å²) >= 11 is 0. The van der Waals surface area contributed by atoms with E-state index in [-0.39, 0.29) is 5.78 Å². The predicted octanol–water partition coefficient (Wildman–Crippen LogP) is 5.86. The van der Waals surface area contributed by atoms with Crippen molar-refractivity contribution in [3.05, 3.63) is 95.6 Å². The number of aryl methyl sites for hydroxylation is 1. The molecule has 3 aromatic rings. The molecule has 0 aliphatic rings. The quantitative estimate of drug-likeness (QED) is 0.358. The van der Waals surface area contributed by atoms with E-state index in [2.05, 4.69) is 6.92 Å². The number of hydrogen-bond donors (Lipinski definition) is 0. The van der Waals surface area contributed by atoms with Crippen LogP contribution < -0.4 is 4.74 Å². The van der Waals surface area contributed by atoms with Gasteiger partial charge in [-0.25, -0.2) is 4.79 Å². The molecule has 0 aliphatic carbocycles. The number of rotatable bonds is 8. The first-order valence-corrected chi connectivity index (χ1v) is 9.74. The smallest absolute Gasteiger partial charge is 0.338 e. The highest BCUT2D eigenvalue weighted by Gasteiger charge is 2.20. The molecule has 4 nitrogen and oxygen atoms in total. The van der Waals surface area contributed by atoms with Gasteiger partial charge in [0.05, 0.1) is 5.56 Å². The van der Waals surface area contributed by atoms with Gasteiger partial charge in [0.2, 0.25) is 5.78 Å². The van der Waals surface area contributed by atoms with Crippen molar-refractivity contribution in [2.75, 3.05) is 0 Å². The second-order valence-corrected chi connectivity index (χ2v) is 6.80. The van der Waals surface area contributed by atoms with Gasteiger partial charge in [0, 0.05) is 5.56 Å². The summed E-state index contributed by atoms with van der Waals surface area (Å²) in [6, 6.07) is 23.5. The van der Waals surface area contributed by atoms with Gasteiger partial charge in [0.15, 0.2) is 6.10 Å². The zero-order valence-electron chi connectivity index (χ0n) is 16.6. The van der Waals surface area contributed by atoms with Gasteiger partial charge in [-0.1, -0.05) is 61.9 Å². The fraction of sp³-hybridized carbons (Fsp3) is 0.200. The monoisotopic (exact) mass is 388 g/mol. The summed E-state index contributed by atoms with van der Waals surface area (Å²) in [5.74, 6) is 0.411. The van der Waals surface area contributed by atoms with E-state index < -0.39 is 12.1 Å². The highest BCUT2D eigenvalue weighted by atomic mass is 16.5. The predicted molar refractivity (Wildman–Crippen MR) is 113 cm³/mol. The molecule has 0 N–H and O–H groups in total.